The highest BCUT2D eigenvalue weighted by Gasteiger charge is 2.27. The number of hydrogen-bond acceptors (Lipinski definition) is 0. The Balaban J connectivity index is 2.49. The molecule has 0 amide bonds. The van der Waals surface area contributed by atoms with Crippen molar-refractivity contribution in [3.63, 3.8) is 0 Å². The van der Waals surface area contributed by atoms with Gasteiger partial charge in [0.05, 0.1) is 12.6 Å². The maximum absolute atomic E-state index is 8.95. The van der Waals surface area contributed by atoms with E-state index in [9.17, 15) is 0 Å². The van der Waals surface area contributed by atoms with Crippen LogP contribution in [0.2, 0.25) is 0 Å². The summed E-state index contributed by atoms with van der Waals surface area (Å²) in [5.74, 6) is -1.61. The van der Waals surface area contributed by atoms with E-state index in [1.165, 1.54) is 5.56 Å². The summed E-state index contributed by atoms with van der Waals surface area (Å²) in [6.07, 6.45) is 4.04. The van der Waals surface area contributed by atoms with Gasteiger partial charge in [-0.05, 0) is 41.8 Å². The van der Waals surface area contributed by atoms with E-state index < -0.39 is 17.7 Å². The first-order valence-electron chi connectivity index (χ1n) is 11.4. The van der Waals surface area contributed by atoms with Gasteiger partial charge in [-0.1, -0.05) is 71.9 Å². The second-order valence-corrected chi connectivity index (χ2v) is 8.34. The van der Waals surface area contributed by atoms with Crippen LogP contribution in [0.1, 0.15) is 85.6 Å². The fourth-order valence-corrected chi connectivity index (χ4v) is 3.75. The van der Waals surface area contributed by atoms with Crippen LogP contribution in [-0.2, 0) is 7.05 Å². The van der Waals surface area contributed by atoms with Gasteiger partial charge in [-0.15, -0.1) is 0 Å². The third-order valence-corrected chi connectivity index (χ3v) is 5.39. The molecule has 3 aromatic rings. The Morgan fingerprint density at radius 2 is 1.46 bits per heavy atom. The second kappa shape index (κ2) is 7.95. The van der Waals surface area contributed by atoms with Gasteiger partial charge in [-0.25, -0.2) is 4.57 Å². The number of benzene rings is 2. The Labute approximate surface area is 175 Å². The summed E-state index contributed by atoms with van der Waals surface area (Å²) < 4.78 is 30.7. The maximum Gasteiger partial charge on any atom is 0.294 e. The van der Waals surface area contributed by atoms with Crippen molar-refractivity contribution in [1.29, 1.82) is 0 Å². The van der Waals surface area contributed by atoms with Crippen molar-refractivity contribution >= 4 is 0 Å². The highest BCUT2D eigenvalue weighted by molar-refractivity contribution is 5.63. The van der Waals surface area contributed by atoms with E-state index in [1.54, 1.807) is 0 Å². The van der Waals surface area contributed by atoms with Crippen molar-refractivity contribution in [2.24, 2.45) is 7.05 Å². The molecule has 28 heavy (non-hydrogen) atoms. The zero-order chi connectivity index (χ0) is 23.4. The van der Waals surface area contributed by atoms with Gasteiger partial charge in [-0.2, -0.15) is 4.57 Å². The van der Waals surface area contributed by atoms with E-state index >= 15 is 0 Å². The van der Waals surface area contributed by atoms with E-state index in [-0.39, 0.29) is 0 Å². The molecule has 1 heterocycles. The summed E-state index contributed by atoms with van der Waals surface area (Å²) >= 11 is 0. The van der Waals surface area contributed by atoms with Gasteiger partial charge in [0.2, 0.25) is 0 Å². The maximum atomic E-state index is 8.95. The van der Waals surface area contributed by atoms with Crippen LogP contribution in [0.25, 0.3) is 17.1 Å². The molecule has 0 radical (unpaired) electrons. The van der Waals surface area contributed by atoms with Crippen molar-refractivity contribution in [3.05, 3.63) is 71.0 Å². The first-order valence-corrected chi connectivity index (χ1v) is 9.95. The number of aromatic nitrogens is 2. The molecular weight excluding hydrogens is 340 g/mol. The van der Waals surface area contributed by atoms with Gasteiger partial charge in [0.25, 0.3) is 5.82 Å². The van der Waals surface area contributed by atoms with Gasteiger partial charge in [0, 0.05) is 15.2 Å². The number of imidazole rings is 1. The molecule has 0 saturated carbocycles. The molecule has 0 N–H and O–H groups in total. The molecular formula is C26H35N2+. The zero-order valence-electron chi connectivity index (χ0n) is 21.5. The van der Waals surface area contributed by atoms with E-state index in [4.69, 9.17) is 4.11 Å². The lowest BCUT2D eigenvalue weighted by Gasteiger charge is -2.21. The standard InChI is InChI=1S/C26H35N2/c1-17(2)21-15-23(18(3)4)25(24(16-21)19(5)6)28-14-13-27(8)26(28)22-12-10-9-11-20(22)7/h9-19H,1-8H3/q+1/i17D,18D,19D. The molecule has 0 aliphatic carbocycles. The minimum Gasteiger partial charge on any atom is -0.232 e. The summed E-state index contributed by atoms with van der Waals surface area (Å²) in [5.41, 5.74) is 5.63. The minimum atomic E-state index is -0.900. The molecule has 0 saturated heterocycles. The van der Waals surface area contributed by atoms with Crippen LogP contribution in [0.5, 0.6) is 0 Å². The first-order chi connectivity index (χ1) is 14.1. The Morgan fingerprint density at radius 3 is 1.96 bits per heavy atom. The van der Waals surface area contributed by atoms with Crippen LogP contribution in [0.15, 0.2) is 48.8 Å². The topological polar surface area (TPSA) is 8.81 Å². The molecule has 0 fully saturated rings. The van der Waals surface area contributed by atoms with E-state index in [0.717, 1.165) is 33.8 Å². The molecule has 0 spiro atoms. The third kappa shape index (κ3) is 3.65. The van der Waals surface area contributed by atoms with Gasteiger partial charge in [0.1, 0.15) is 18.1 Å². The van der Waals surface area contributed by atoms with Crippen LogP contribution in [0, 0.1) is 6.92 Å². The van der Waals surface area contributed by atoms with Crippen molar-refractivity contribution in [2.75, 3.05) is 0 Å². The van der Waals surface area contributed by atoms with E-state index in [1.807, 2.05) is 85.2 Å². The fourth-order valence-electron chi connectivity index (χ4n) is 3.75. The lowest BCUT2D eigenvalue weighted by atomic mass is 9.87. The molecule has 0 unspecified atom stereocenters. The Bertz CT molecular complexity index is 1070. The monoisotopic (exact) mass is 378 g/mol. The molecule has 1 aromatic heterocycles. The predicted octanol–water partition coefficient (Wildman–Crippen LogP) is 6.65. The van der Waals surface area contributed by atoms with Crippen LogP contribution < -0.4 is 4.57 Å². The largest absolute Gasteiger partial charge is 0.294 e. The van der Waals surface area contributed by atoms with E-state index in [2.05, 4.69) is 28.2 Å². The molecule has 0 aliphatic heterocycles. The van der Waals surface area contributed by atoms with Crippen LogP contribution >= 0.6 is 0 Å². The molecule has 2 heteroatoms. The van der Waals surface area contributed by atoms with Crippen molar-refractivity contribution in [1.82, 2.24) is 4.57 Å². The molecule has 2 aromatic carbocycles. The summed E-state index contributed by atoms with van der Waals surface area (Å²) in [6, 6.07) is 12.3. The van der Waals surface area contributed by atoms with Crippen LogP contribution in [0.3, 0.4) is 0 Å². The lowest BCUT2D eigenvalue weighted by molar-refractivity contribution is -0.659. The molecule has 3 rings (SSSR count). The molecule has 2 nitrogen and oxygen atoms in total. The Hall–Kier alpha value is -2.35. The van der Waals surface area contributed by atoms with Crippen LogP contribution in [0.4, 0.5) is 0 Å². The number of hydrogen-bond donors (Lipinski definition) is 0. The normalized spacial score (nSPS) is 14.5. The summed E-state index contributed by atoms with van der Waals surface area (Å²) in [5, 5.41) is 0. The fraction of sp³-hybridized carbons (Fsp3) is 0.423. The van der Waals surface area contributed by atoms with Gasteiger partial charge < -0.3 is 0 Å². The summed E-state index contributed by atoms with van der Waals surface area (Å²) in [6.45, 7) is 13.3. The molecule has 0 aliphatic rings. The Kier molecular flexibility index (Phi) is 4.71. The SMILES string of the molecule is [2H]C(C)(C)c1cc(C([2H])(C)C)c(-n2cc[n+](C)c2-c2ccccc2C)c(C([2H])(C)C)c1. The van der Waals surface area contributed by atoms with Crippen molar-refractivity contribution < 1.29 is 8.68 Å². The van der Waals surface area contributed by atoms with Crippen LogP contribution in [-0.4, -0.2) is 4.57 Å². The quantitative estimate of drug-likeness (QED) is 0.440. The molecule has 0 bridgehead atoms. The Morgan fingerprint density at radius 1 is 0.893 bits per heavy atom. The summed E-state index contributed by atoms with van der Waals surface area (Å²) in [7, 11) is 2.02. The van der Waals surface area contributed by atoms with Crippen molar-refractivity contribution in [3.8, 4) is 17.1 Å². The molecule has 148 valence electrons. The average molecular weight is 379 g/mol. The lowest BCUT2D eigenvalue weighted by Crippen LogP contribution is -2.29. The summed E-state index contributed by atoms with van der Waals surface area (Å²) in [4.78, 5) is 0. The predicted molar refractivity (Wildman–Crippen MR) is 119 cm³/mol. The number of nitrogens with zero attached hydrogens (tertiary/aromatic N) is 2. The highest BCUT2D eigenvalue weighted by Crippen LogP contribution is 2.36. The highest BCUT2D eigenvalue weighted by atomic mass is 15.1. The first kappa shape index (κ1) is 16.6. The average Bonchev–Trinajstić information content (AvgIpc) is 3.00. The smallest absolute Gasteiger partial charge is 0.232 e. The van der Waals surface area contributed by atoms with Gasteiger partial charge in [0.15, 0.2) is 0 Å². The zero-order valence-corrected chi connectivity index (χ0v) is 18.5. The minimum absolute atomic E-state index is 0.821. The number of rotatable bonds is 5. The third-order valence-electron chi connectivity index (χ3n) is 5.39. The van der Waals surface area contributed by atoms with Crippen molar-refractivity contribution in [2.45, 2.75) is 66.1 Å². The second-order valence-electron chi connectivity index (χ2n) is 8.34. The van der Waals surface area contributed by atoms with E-state index in [0.29, 0.717) is 0 Å². The molecule has 0 atom stereocenters. The van der Waals surface area contributed by atoms with Gasteiger partial charge in [-0.3, -0.25) is 0 Å². The number of aryl methyl sites for hydroxylation is 2. The van der Waals surface area contributed by atoms with Gasteiger partial charge >= 0.3 is 0 Å².